The van der Waals surface area contributed by atoms with Crippen molar-refractivity contribution in [3.05, 3.63) is 29.8 Å². The Morgan fingerprint density at radius 2 is 1.78 bits per heavy atom. The van der Waals surface area contributed by atoms with Crippen LogP contribution in [0.15, 0.2) is 24.3 Å². The fraction of sp³-hybridized carbons (Fsp3) is 0.556. The van der Waals surface area contributed by atoms with Crippen molar-refractivity contribution in [3.63, 3.8) is 0 Å². The van der Waals surface area contributed by atoms with Crippen LogP contribution < -0.4 is 10.2 Å². The lowest BCUT2D eigenvalue weighted by Gasteiger charge is -2.21. The number of carbonyl (C=O) groups is 2. The second-order valence-electron chi connectivity index (χ2n) is 5.52. The highest BCUT2D eigenvalue weighted by atomic mass is 16.2. The van der Waals surface area contributed by atoms with E-state index in [0.29, 0.717) is 13.1 Å². The van der Waals surface area contributed by atoms with Crippen LogP contribution in [0.25, 0.3) is 0 Å². The number of rotatable bonds is 8. The first-order chi connectivity index (χ1) is 11.0. The van der Waals surface area contributed by atoms with Crippen LogP contribution in [0.2, 0.25) is 0 Å². The molecule has 0 aliphatic heterocycles. The number of hydrogen-bond acceptors (Lipinski definition) is 3. The molecule has 1 rings (SSSR count). The average molecular weight is 319 g/mol. The Morgan fingerprint density at radius 3 is 2.35 bits per heavy atom. The van der Waals surface area contributed by atoms with Crippen molar-refractivity contribution in [2.75, 3.05) is 37.6 Å². The van der Waals surface area contributed by atoms with Gasteiger partial charge in [-0.05, 0) is 57.6 Å². The van der Waals surface area contributed by atoms with Crippen LogP contribution in [0.5, 0.6) is 0 Å². The zero-order valence-corrected chi connectivity index (χ0v) is 14.8. The summed E-state index contributed by atoms with van der Waals surface area (Å²) in [6.07, 6.45) is 0.845. The van der Waals surface area contributed by atoms with E-state index in [0.717, 1.165) is 37.3 Å². The molecule has 0 aromatic heterocycles. The maximum absolute atomic E-state index is 12.3. The number of nitrogens with zero attached hydrogens (tertiary/aromatic N) is 2. The van der Waals surface area contributed by atoms with Crippen molar-refractivity contribution in [1.82, 2.24) is 10.2 Å². The van der Waals surface area contributed by atoms with Crippen LogP contribution in [0.3, 0.4) is 0 Å². The van der Waals surface area contributed by atoms with Gasteiger partial charge in [0.2, 0.25) is 0 Å². The Balaban J connectivity index is 2.52. The number of anilines is 1. The predicted molar refractivity (Wildman–Crippen MR) is 94.6 cm³/mol. The molecule has 0 unspecified atom stereocenters. The predicted octanol–water partition coefficient (Wildman–Crippen LogP) is 2.20. The molecule has 1 N–H and O–H groups in total. The molecule has 0 atom stereocenters. The number of amides is 2. The van der Waals surface area contributed by atoms with Gasteiger partial charge in [0.05, 0.1) is 0 Å². The molecule has 0 bridgehead atoms. The van der Waals surface area contributed by atoms with Gasteiger partial charge in [-0.2, -0.15) is 0 Å². The highest BCUT2D eigenvalue weighted by molar-refractivity contribution is 6.40. The Hall–Kier alpha value is -1.88. The Labute approximate surface area is 139 Å². The fourth-order valence-electron chi connectivity index (χ4n) is 2.48. The molecule has 0 aliphatic carbocycles. The third-order valence-electron chi connectivity index (χ3n) is 3.90. The van der Waals surface area contributed by atoms with Crippen LogP contribution in [0, 0.1) is 6.92 Å². The van der Waals surface area contributed by atoms with E-state index in [1.165, 1.54) is 4.90 Å². The van der Waals surface area contributed by atoms with Gasteiger partial charge in [-0.3, -0.25) is 9.59 Å². The smallest absolute Gasteiger partial charge is 0.316 e. The lowest BCUT2D eigenvalue weighted by Crippen LogP contribution is -2.43. The third kappa shape index (κ3) is 6.02. The summed E-state index contributed by atoms with van der Waals surface area (Å²) in [4.78, 5) is 28.2. The Kier molecular flexibility index (Phi) is 8.33. The zero-order valence-electron chi connectivity index (χ0n) is 14.8. The van der Waals surface area contributed by atoms with Gasteiger partial charge < -0.3 is 15.1 Å². The Bertz CT molecular complexity index is 513. The lowest BCUT2D eigenvalue weighted by molar-refractivity contribution is -0.137. The topological polar surface area (TPSA) is 52.7 Å². The molecule has 1 aromatic rings. The van der Waals surface area contributed by atoms with E-state index in [-0.39, 0.29) is 0 Å². The van der Waals surface area contributed by atoms with Crippen LogP contribution in [-0.4, -0.2) is 49.4 Å². The molecule has 0 fully saturated rings. The SMILES string of the molecule is CCN(CC)CCCNC(=O)C(=O)N(CC)c1cccc(C)c1. The molecule has 1 aromatic carbocycles. The van der Waals surface area contributed by atoms with Crippen molar-refractivity contribution >= 4 is 17.5 Å². The highest BCUT2D eigenvalue weighted by Crippen LogP contribution is 2.15. The van der Waals surface area contributed by atoms with Gasteiger partial charge in [-0.25, -0.2) is 0 Å². The molecule has 0 spiro atoms. The summed E-state index contributed by atoms with van der Waals surface area (Å²) in [5.74, 6) is -1.03. The summed E-state index contributed by atoms with van der Waals surface area (Å²) >= 11 is 0. The van der Waals surface area contributed by atoms with Crippen molar-refractivity contribution in [2.45, 2.75) is 34.1 Å². The van der Waals surface area contributed by atoms with Crippen molar-refractivity contribution in [1.29, 1.82) is 0 Å². The molecule has 0 radical (unpaired) electrons. The molecule has 23 heavy (non-hydrogen) atoms. The van der Waals surface area contributed by atoms with E-state index >= 15 is 0 Å². The molecule has 0 aliphatic rings. The van der Waals surface area contributed by atoms with Crippen molar-refractivity contribution in [3.8, 4) is 0 Å². The molecular weight excluding hydrogens is 290 g/mol. The summed E-state index contributed by atoms with van der Waals surface area (Å²) < 4.78 is 0. The summed E-state index contributed by atoms with van der Waals surface area (Å²) in [5, 5.41) is 2.73. The molecule has 0 saturated carbocycles. The summed E-state index contributed by atoms with van der Waals surface area (Å²) in [5.41, 5.74) is 1.82. The van der Waals surface area contributed by atoms with E-state index in [1.54, 1.807) is 0 Å². The molecule has 128 valence electrons. The number of carbonyl (C=O) groups excluding carboxylic acids is 2. The first-order valence-corrected chi connectivity index (χ1v) is 8.42. The zero-order chi connectivity index (χ0) is 17.2. The van der Waals surface area contributed by atoms with Gasteiger partial charge in [-0.1, -0.05) is 26.0 Å². The van der Waals surface area contributed by atoms with Gasteiger partial charge in [0, 0.05) is 18.8 Å². The van der Waals surface area contributed by atoms with Crippen molar-refractivity contribution in [2.24, 2.45) is 0 Å². The van der Waals surface area contributed by atoms with Gasteiger partial charge in [-0.15, -0.1) is 0 Å². The Morgan fingerprint density at radius 1 is 1.09 bits per heavy atom. The quantitative estimate of drug-likeness (QED) is 0.590. The average Bonchev–Trinajstić information content (AvgIpc) is 2.55. The van der Waals surface area contributed by atoms with E-state index in [9.17, 15) is 9.59 Å². The number of aryl methyl sites for hydroxylation is 1. The van der Waals surface area contributed by atoms with Gasteiger partial charge in [0.1, 0.15) is 0 Å². The summed E-state index contributed by atoms with van der Waals surface area (Å²) in [7, 11) is 0. The monoisotopic (exact) mass is 319 g/mol. The molecule has 5 nitrogen and oxygen atoms in total. The minimum atomic E-state index is -0.534. The minimum Gasteiger partial charge on any atom is -0.348 e. The molecule has 2 amide bonds. The first kappa shape index (κ1) is 19.2. The van der Waals surface area contributed by atoms with E-state index < -0.39 is 11.8 Å². The first-order valence-electron chi connectivity index (χ1n) is 8.42. The molecule has 0 saturated heterocycles. The van der Waals surface area contributed by atoms with Crippen LogP contribution in [0.4, 0.5) is 5.69 Å². The molecule has 5 heteroatoms. The molecule has 0 heterocycles. The number of nitrogens with one attached hydrogen (secondary N) is 1. The normalized spacial score (nSPS) is 10.7. The third-order valence-corrected chi connectivity index (χ3v) is 3.90. The van der Waals surface area contributed by atoms with Gasteiger partial charge >= 0.3 is 11.8 Å². The van der Waals surface area contributed by atoms with Gasteiger partial charge in [0.15, 0.2) is 0 Å². The van der Waals surface area contributed by atoms with Gasteiger partial charge in [0.25, 0.3) is 0 Å². The maximum Gasteiger partial charge on any atom is 0.316 e. The summed E-state index contributed by atoms with van der Waals surface area (Å²) in [6.45, 7) is 12.0. The number of likely N-dealkylation sites (N-methyl/N-ethyl adjacent to an activating group) is 1. The van der Waals surface area contributed by atoms with Crippen LogP contribution in [-0.2, 0) is 9.59 Å². The second kappa shape index (κ2) is 10.0. The largest absolute Gasteiger partial charge is 0.348 e. The number of benzene rings is 1. The highest BCUT2D eigenvalue weighted by Gasteiger charge is 2.21. The number of hydrogen-bond donors (Lipinski definition) is 1. The van der Waals surface area contributed by atoms with E-state index in [4.69, 9.17) is 0 Å². The fourth-order valence-corrected chi connectivity index (χ4v) is 2.48. The van der Waals surface area contributed by atoms with Crippen molar-refractivity contribution < 1.29 is 9.59 Å². The minimum absolute atomic E-state index is 0.467. The summed E-state index contributed by atoms with van der Waals surface area (Å²) in [6, 6.07) is 7.62. The maximum atomic E-state index is 12.3. The van der Waals surface area contributed by atoms with Crippen LogP contribution >= 0.6 is 0 Å². The lowest BCUT2D eigenvalue weighted by atomic mass is 10.2. The second-order valence-corrected chi connectivity index (χ2v) is 5.52. The van der Waals surface area contributed by atoms with Crippen LogP contribution in [0.1, 0.15) is 32.8 Å². The van der Waals surface area contributed by atoms with E-state index in [2.05, 4.69) is 24.1 Å². The standard InChI is InChI=1S/C18H29N3O2/c1-5-20(6-2)13-9-12-19-17(22)18(23)21(7-3)16-11-8-10-15(4)14-16/h8,10-11,14H,5-7,9,12-13H2,1-4H3,(H,19,22). The van der Waals surface area contributed by atoms with E-state index in [1.807, 2.05) is 38.1 Å². The molecular formula is C18H29N3O2.